The highest BCUT2D eigenvalue weighted by Crippen LogP contribution is 2.27. The van der Waals surface area contributed by atoms with Gasteiger partial charge in [0.2, 0.25) is 5.91 Å². The lowest BCUT2D eigenvalue weighted by molar-refractivity contribution is -0.116. The number of rotatable bonds is 7. The van der Waals surface area contributed by atoms with Gasteiger partial charge in [0.25, 0.3) is 5.91 Å². The number of benzene rings is 2. The van der Waals surface area contributed by atoms with E-state index in [1.807, 2.05) is 31.3 Å². The van der Waals surface area contributed by atoms with Gasteiger partial charge in [-0.3, -0.25) is 19.5 Å². The van der Waals surface area contributed by atoms with Crippen LogP contribution in [0.4, 0.5) is 5.69 Å². The predicted octanol–water partition coefficient (Wildman–Crippen LogP) is 5.49. The molecule has 1 aliphatic heterocycles. The summed E-state index contributed by atoms with van der Waals surface area (Å²) in [5.41, 5.74) is 4.25. The second-order valence-electron chi connectivity index (χ2n) is 10.9. The van der Waals surface area contributed by atoms with Gasteiger partial charge < -0.3 is 19.7 Å². The Hall–Kier alpha value is -3.75. The zero-order valence-corrected chi connectivity index (χ0v) is 24.8. The van der Waals surface area contributed by atoms with E-state index in [0.29, 0.717) is 36.6 Å². The number of pyridine rings is 1. The van der Waals surface area contributed by atoms with Crippen LogP contribution in [0, 0.1) is 5.92 Å². The van der Waals surface area contributed by atoms with Crippen LogP contribution in [-0.2, 0) is 16.1 Å². The lowest BCUT2D eigenvalue weighted by Gasteiger charge is -2.36. The molecule has 3 aromatic rings. The summed E-state index contributed by atoms with van der Waals surface area (Å²) < 4.78 is 12.2. The number of aromatic nitrogens is 1. The fourth-order valence-corrected chi connectivity index (χ4v) is 5.15. The molecular formula is C33H42N4O4. The molecule has 218 valence electrons. The average Bonchev–Trinajstić information content (AvgIpc) is 2.98. The molecule has 0 radical (unpaired) electrons. The molecule has 2 aromatic carbocycles. The molecule has 1 aromatic heterocycles. The van der Waals surface area contributed by atoms with Crippen LogP contribution in [0.3, 0.4) is 0 Å². The number of nitrogens with one attached hydrogen (secondary N) is 1. The van der Waals surface area contributed by atoms with Gasteiger partial charge in [-0.15, -0.1) is 0 Å². The number of carbonyl (C=O) groups is 2. The molecule has 1 aliphatic rings. The summed E-state index contributed by atoms with van der Waals surface area (Å²) in [5.74, 6) is 0.417. The number of hydrogen-bond acceptors (Lipinski definition) is 6. The zero-order valence-electron chi connectivity index (χ0n) is 24.8. The first kappa shape index (κ1) is 30.2. The van der Waals surface area contributed by atoms with Crippen molar-refractivity contribution in [1.29, 1.82) is 0 Å². The third-order valence-corrected chi connectivity index (χ3v) is 7.63. The van der Waals surface area contributed by atoms with E-state index in [0.717, 1.165) is 30.8 Å². The largest absolute Gasteiger partial charge is 0.491 e. The van der Waals surface area contributed by atoms with Crippen molar-refractivity contribution in [3.63, 3.8) is 0 Å². The average molecular weight is 559 g/mol. The third-order valence-electron chi connectivity index (χ3n) is 7.63. The number of carbonyl (C=O) groups excluding carboxylic acids is 2. The van der Waals surface area contributed by atoms with Gasteiger partial charge in [-0.25, -0.2) is 0 Å². The van der Waals surface area contributed by atoms with E-state index >= 15 is 0 Å². The van der Waals surface area contributed by atoms with Crippen LogP contribution in [0.25, 0.3) is 11.3 Å². The minimum Gasteiger partial charge on any atom is -0.491 e. The standard InChI is InChI=1S/C33H42N4O4/c1-6-9-32(38)35-27-15-16-30-28(18-27)33(39)36(4)21-31(40-5)23(2)19-37(24(3)22-41-30)20-25-11-13-26(14-12-25)29-10-7-8-17-34-29/h7-8,10-18,23-24,31H,6,9,19-22H2,1-5H3,(H,35,38)/t23-,24+,31-/m0/s1. The molecule has 2 heterocycles. The second-order valence-corrected chi connectivity index (χ2v) is 10.9. The molecule has 3 atom stereocenters. The first-order valence-electron chi connectivity index (χ1n) is 14.4. The van der Waals surface area contributed by atoms with Gasteiger partial charge in [0.05, 0.1) is 17.4 Å². The summed E-state index contributed by atoms with van der Waals surface area (Å²) in [6.07, 6.45) is 2.83. The molecule has 0 spiro atoms. The topological polar surface area (TPSA) is 84.0 Å². The lowest BCUT2D eigenvalue weighted by Crippen LogP contribution is -2.46. The predicted molar refractivity (Wildman–Crippen MR) is 162 cm³/mol. The number of nitrogens with zero attached hydrogens (tertiary/aromatic N) is 3. The van der Waals surface area contributed by atoms with Crippen LogP contribution in [0.5, 0.6) is 5.75 Å². The number of hydrogen-bond donors (Lipinski definition) is 1. The molecule has 8 nitrogen and oxygen atoms in total. The molecule has 8 heteroatoms. The van der Waals surface area contributed by atoms with Crippen molar-refractivity contribution >= 4 is 17.5 Å². The Morgan fingerprint density at radius 2 is 1.88 bits per heavy atom. The number of methoxy groups -OCH3 is 1. The van der Waals surface area contributed by atoms with E-state index in [2.05, 4.69) is 53.3 Å². The maximum atomic E-state index is 13.6. The Labute approximate surface area is 243 Å². The third kappa shape index (κ3) is 7.93. The van der Waals surface area contributed by atoms with Crippen molar-refractivity contribution in [1.82, 2.24) is 14.8 Å². The molecule has 0 unspecified atom stereocenters. The van der Waals surface area contributed by atoms with Crippen LogP contribution < -0.4 is 10.1 Å². The van der Waals surface area contributed by atoms with Crippen LogP contribution >= 0.6 is 0 Å². The Morgan fingerprint density at radius 3 is 2.56 bits per heavy atom. The van der Waals surface area contributed by atoms with Crippen molar-refractivity contribution in [2.24, 2.45) is 5.92 Å². The quantitative estimate of drug-likeness (QED) is 0.413. The SMILES string of the molecule is CCCC(=O)Nc1ccc2c(c1)C(=O)N(C)C[C@H](OC)[C@@H](C)CN(Cc1ccc(-c3ccccn3)cc1)[C@H](C)CO2. The minimum absolute atomic E-state index is 0.0643. The highest BCUT2D eigenvalue weighted by Gasteiger charge is 2.28. The summed E-state index contributed by atoms with van der Waals surface area (Å²) in [7, 11) is 3.48. The number of amides is 2. The molecule has 0 fully saturated rings. The van der Waals surface area contributed by atoms with Crippen molar-refractivity contribution in [3.8, 4) is 17.0 Å². The number of ether oxygens (including phenoxy) is 2. The van der Waals surface area contributed by atoms with Crippen LogP contribution in [0.1, 0.15) is 49.5 Å². The van der Waals surface area contributed by atoms with E-state index < -0.39 is 0 Å². The summed E-state index contributed by atoms with van der Waals surface area (Å²) in [6, 6.07) is 19.8. The summed E-state index contributed by atoms with van der Waals surface area (Å²) in [5, 5.41) is 2.90. The second kappa shape index (κ2) is 14.2. The first-order valence-corrected chi connectivity index (χ1v) is 14.4. The van der Waals surface area contributed by atoms with E-state index in [-0.39, 0.29) is 29.9 Å². The smallest absolute Gasteiger partial charge is 0.257 e. The summed E-state index contributed by atoms with van der Waals surface area (Å²) in [4.78, 5) is 34.3. The van der Waals surface area contributed by atoms with E-state index in [4.69, 9.17) is 9.47 Å². The molecule has 0 saturated carbocycles. The van der Waals surface area contributed by atoms with Gasteiger partial charge in [-0.2, -0.15) is 0 Å². The maximum absolute atomic E-state index is 13.6. The zero-order chi connectivity index (χ0) is 29.4. The van der Waals surface area contributed by atoms with Gasteiger partial charge in [-0.1, -0.05) is 44.2 Å². The Kier molecular flexibility index (Phi) is 10.5. The summed E-state index contributed by atoms with van der Waals surface area (Å²) >= 11 is 0. The molecule has 0 saturated heterocycles. The normalized spacial score (nSPS) is 20.4. The van der Waals surface area contributed by atoms with Crippen LogP contribution in [-0.4, -0.2) is 72.6 Å². The van der Waals surface area contributed by atoms with E-state index in [1.54, 1.807) is 37.3 Å². The summed E-state index contributed by atoms with van der Waals surface area (Å²) in [6.45, 7) is 8.64. The number of likely N-dealkylation sites (N-methyl/N-ethyl adjacent to an activating group) is 1. The monoisotopic (exact) mass is 558 g/mol. The fraction of sp³-hybridized carbons (Fsp3) is 0.424. The molecule has 0 bridgehead atoms. The lowest BCUT2D eigenvalue weighted by atomic mass is 10.0. The van der Waals surface area contributed by atoms with Gasteiger partial charge in [0.1, 0.15) is 12.4 Å². The van der Waals surface area contributed by atoms with Gasteiger partial charge in [0.15, 0.2) is 0 Å². The van der Waals surface area contributed by atoms with Crippen LogP contribution in [0.15, 0.2) is 66.9 Å². The molecule has 0 aliphatic carbocycles. The number of anilines is 1. The molecule has 1 N–H and O–H groups in total. The highest BCUT2D eigenvalue weighted by molar-refractivity contribution is 5.99. The molecule has 2 amide bonds. The maximum Gasteiger partial charge on any atom is 0.257 e. The Morgan fingerprint density at radius 1 is 1.10 bits per heavy atom. The van der Waals surface area contributed by atoms with Crippen molar-refractivity contribution in [2.75, 3.05) is 39.2 Å². The molecule has 4 rings (SSSR count). The van der Waals surface area contributed by atoms with E-state index in [1.165, 1.54) is 5.56 Å². The van der Waals surface area contributed by atoms with E-state index in [9.17, 15) is 9.59 Å². The van der Waals surface area contributed by atoms with Crippen molar-refractivity contribution in [2.45, 2.75) is 52.3 Å². The molecular weight excluding hydrogens is 516 g/mol. The van der Waals surface area contributed by atoms with Crippen molar-refractivity contribution < 1.29 is 19.1 Å². The van der Waals surface area contributed by atoms with Crippen molar-refractivity contribution in [3.05, 3.63) is 78.0 Å². The van der Waals surface area contributed by atoms with Crippen LogP contribution in [0.2, 0.25) is 0 Å². The number of fused-ring (bicyclic) bond motifs is 1. The van der Waals surface area contributed by atoms with Gasteiger partial charge >= 0.3 is 0 Å². The van der Waals surface area contributed by atoms with Gasteiger partial charge in [-0.05, 0) is 55.2 Å². The Balaban J connectivity index is 1.58. The highest BCUT2D eigenvalue weighted by atomic mass is 16.5. The minimum atomic E-state index is -0.168. The fourth-order valence-electron chi connectivity index (χ4n) is 5.15. The first-order chi connectivity index (χ1) is 19.8. The Bertz CT molecular complexity index is 1300. The van der Waals surface area contributed by atoms with Gasteiger partial charge in [0, 0.05) is 63.7 Å². The molecule has 41 heavy (non-hydrogen) atoms.